The summed E-state index contributed by atoms with van der Waals surface area (Å²) < 4.78 is 5.08. The second kappa shape index (κ2) is 9.01. The number of allylic oxidation sites excluding steroid dienone is 1. The Morgan fingerprint density at radius 1 is 1.42 bits per heavy atom. The lowest BCUT2D eigenvalue weighted by atomic mass is 10.2. The normalized spacial score (nSPS) is 10.3. The van der Waals surface area contributed by atoms with Crippen molar-refractivity contribution in [1.82, 2.24) is 0 Å². The Hall–Kier alpha value is -0.0831. The quantitative estimate of drug-likeness (QED) is 0.375. The molecule has 0 aromatic carbocycles. The predicted molar refractivity (Wildman–Crippen MR) is 60.5 cm³/mol. The summed E-state index contributed by atoms with van der Waals surface area (Å²) in [7, 11) is 0.848. The van der Waals surface area contributed by atoms with Gasteiger partial charge in [-0.05, 0) is 27.2 Å². The van der Waals surface area contributed by atoms with Crippen molar-refractivity contribution in [3.8, 4) is 0 Å². The molecule has 0 fully saturated rings. The molecule has 0 spiro atoms. The van der Waals surface area contributed by atoms with E-state index < -0.39 is 0 Å². The van der Waals surface area contributed by atoms with Crippen LogP contribution in [0.5, 0.6) is 0 Å². The molecule has 2 heteroatoms. The molecular weight excluding hydrogens is 164 g/mol. The van der Waals surface area contributed by atoms with Crippen molar-refractivity contribution in [2.45, 2.75) is 52.6 Å². The number of hydrogen-bond acceptors (Lipinski definition) is 1. The fourth-order valence-corrected chi connectivity index (χ4v) is 0.348. The minimum absolute atomic E-state index is 0.103. The standard InChI is InChI=1S/C6H12.C4H12OSi/c1-3-5-6-4-2;1-4(2,3)5-6/h3H,1,4-6H2,2H3;1-3,6H3. The van der Waals surface area contributed by atoms with Gasteiger partial charge in [0.05, 0.1) is 0 Å². The Morgan fingerprint density at radius 3 is 1.92 bits per heavy atom. The summed E-state index contributed by atoms with van der Waals surface area (Å²) in [6, 6.07) is 0. The molecular formula is C10H24OSi. The summed E-state index contributed by atoms with van der Waals surface area (Å²) in [6.07, 6.45) is 5.72. The Balaban J connectivity index is 0. The van der Waals surface area contributed by atoms with Crippen LogP contribution in [0.25, 0.3) is 0 Å². The molecule has 0 radical (unpaired) electrons. The number of hydrogen-bond donors (Lipinski definition) is 0. The second-order valence-electron chi connectivity index (χ2n) is 3.75. The van der Waals surface area contributed by atoms with E-state index in [9.17, 15) is 0 Å². The van der Waals surface area contributed by atoms with E-state index in [2.05, 4.69) is 34.3 Å². The largest absolute Gasteiger partial charge is 0.423 e. The van der Waals surface area contributed by atoms with Crippen LogP contribution in [-0.4, -0.2) is 16.1 Å². The molecule has 0 aliphatic rings. The fourth-order valence-electron chi connectivity index (χ4n) is 0.348. The van der Waals surface area contributed by atoms with Crippen LogP contribution in [0.1, 0.15) is 47.0 Å². The van der Waals surface area contributed by atoms with Crippen molar-refractivity contribution in [2.24, 2.45) is 0 Å². The lowest BCUT2D eigenvalue weighted by Crippen LogP contribution is -2.16. The molecule has 0 unspecified atom stereocenters. The molecule has 0 atom stereocenters. The van der Waals surface area contributed by atoms with Gasteiger partial charge in [-0.15, -0.1) is 6.58 Å². The van der Waals surface area contributed by atoms with Gasteiger partial charge >= 0.3 is 0 Å². The molecule has 0 aromatic rings. The highest BCUT2D eigenvalue weighted by Gasteiger charge is 2.03. The van der Waals surface area contributed by atoms with Gasteiger partial charge in [-0.1, -0.05) is 25.8 Å². The fraction of sp³-hybridized carbons (Fsp3) is 0.800. The molecule has 74 valence electrons. The van der Waals surface area contributed by atoms with Gasteiger partial charge in [0.25, 0.3) is 0 Å². The van der Waals surface area contributed by atoms with Crippen LogP contribution in [0.2, 0.25) is 0 Å². The summed E-state index contributed by atoms with van der Waals surface area (Å²) in [5, 5.41) is 0. The first-order valence-corrected chi connectivity index (χ1v) is 5.45. The van der Waals surface area contributed by atoms with Crippen LogP contribution < -0.4 is 0 Å². The van der Waals surface area contributed by atoms with Crippen LogP contribution in [0.15, 0.2) is 12.7 Å². The lowest BCUT2D eigenvalue weighted by Gasteiger charge is -2.15. The molecule has 12 heavy (non-hydrogen) atoms. The van der Waals surface area contributed by atoms with Gasteiger partial charge in [0.1, 0.15) is 10.5 Å². The highest BCUT2D eigenvalue weighted by molar-refractivity contribution is 5.98. The van der Waals surface area contributed by atoms with Gasteiger partial charge in [0.15, 0.2) is 0 Å². The van der Waals surface area contributed by atoms with Gasteiger partial charge in [-0.3, -0.25) is 0 Å². The van der Waals surface area contributed by atoms with E-state index in [0.29, 0.717) is 0 Å². The Labute approximate surface area is 80.7 Å². The van der Waals surface area contributed by atoms with Crippen molar-refractivity contribution >= 4 is 10.5 Å². The number of rotatable bonds is 3. The zero-order valence-corrected chi connectivity index (χ0v) is 11.3. The van der Waals surface area contributed by atoms with Crippen LogP contribution >= 0.6 is 0 Å². The Bertz CT molecular complexity index is 94.5. The third-order valence-electron chi connectivity index (χ3n) is 1.37. The molecule has 1 nitrogen and oxygen atoms in total. The van der Waals surface area contributed by atoms with Crippen LogP contribution in [0, 0.1) is 0 Å². The maximum absolute atomic E-state index is 5.08. The monoisotopic (exact) mass is 188 g/mol. The average molecular weight is 188 g/mol. The minimum Gasteiger partial charge on any atom is -0.423 e. The smallest absolute Gasteiger partial charge is 0.146 e. The molecule has 0 aliphatic heterocycles. The molecule has 0 saturated carbocycles. The topological polar surface area (TPSA) is 9.23 Å². The van der Waals surface area contributed by atoms with Gasteiger partial charge < -0.3 is 4.43 Å². The first-order chi connectivity index (χ1) is 5.47. The number of unbranched alkanes of at least 4 members (excludes halogenated alkanes) is 2. The van der Waals surface area contributed by atoms with Crippen molar-refractivity contribution in [3.05, 3.63) is 12.7 Å². The van der Waals surface area contributed by atoms with Crippen LogP contribution in [0.3, 0.4) is 0 Å². The molecule has 0 N–H and O–H groups in total. The van der Waals surface area contributed by atoms with Crippen molar-refractivity contribution in [3.63, 3.8) is 0 Å². The van der Waals surface area contributed by atoms with Crippen molar-refractivity contribution in [2.75, 3.05) is 0 Å². The Kier molecular flexibility index (Phi) is 10.8. The summed E-state index contributed by atoms with van der Waals surface area (Å²) >= 11 is 0. The zero-order chi connectivity index (χ0) is 10.0. The average Bonchev–Trinajstić information content (AvgIpc) is 2.01. The predicted octanol–water partition coefficient (Wildman–Crippen LogP) is 2.44. The molecule has 0 saturated heterocycles. The van der Waals surface area contributed by atoms with Gasteiger partial charge in [-0.2, -0.15) is 0 Å². The van der Waals surface area contributed by atoms with E-state index in [1.54, 1.807) is 0 Å². The van der Waals surface area contributed by atoms with Gasteiger partial charge in [0, 0.05) is 5.60 Å². The highest BCUT2D eigenvalue weighted by atomic mass is 28.2. The molecule has 0 amide bonds. The third kappa shape index (κ3) is 22.5. The highest BCUT2D eigenvalue weighted by Crippen LogP contribution is 2.01. The van der Waals surface area contributed by atoms with E-state index in [-0.39, 0.29) is 5.60 Å². The van der Waals surface area contributed by atoms with Gasteiger partial charge in [0.2, 0.25) is 0 Å². The molecule has 0 aliphatic carbocycles. The Morgan fingerprint density at radius 2 is 1.83 bits per heavy atom. The van der Waals surface area contributed by atoms with Crippen LogP contribution in [0.4, 0.5) is 0 Å². The van der Waals surface area contributed by atoms with E-state index in [4.69, 9.17) is 4.43 Å². The lowest BCUT2D eigenvalue weighted by molar-refractivity contribution is 0.147. The summed E-state index contributed by atoms with van der Waals surface area (Å²) in [6.45, 7) is 11.9. The van der Waals surface area contributed by atoms with Crippen LogP contribution in [-0.2, 0) is 4.43 Å². The molecule has 0 heterocycles. The molecule has 0 bridgehead atoms. The first kappa shape index (κ1) is 14.4. The third-order valence-corrected chi connectivity index (χ3v) is 2.60. The maximum Gasteiger partial charge on any atom is 0.146 e. The summed E-state index contributed by atoms with van der Waals surface area (Å²) in [4.78, 5) is 0. The van der Waals surface area contributed by atoms with E-state index in [1.807, 2.05) is 6.08 Å². The van der Waals surface area contributed by atoms with E-state index >= 15 is 0 Å². The maximum atomic E-state index is 5.08. The summed E-state index contributed by atoms with van der Waals surface area (Å²) in [5.41, 5.74) is 0.103. The SMILES string of the molecule is C=CCCCC.CC(C)(C)O[SiH3]. The van der Waals surface area contributed by atoms with E-state index in [0.717, 1.165) is 10.5 Å². The van der Waals surface area contributed by atoms with E-state index in [1.165, 1.54) is 19.3 Å². The first-order valence-electron chi connectivity index (χ1n) is 4.64. The summed E-state index contributed by atoms with van der Waals surface area (Å²) in [5.74, 6) is 0. The second-order valence-corrected chi connectivity index (χ2v) is 4.16. The molecule has 0 aromatic heterocycles. The van der Waals surface area contributed by atoms with Crippen molar-refractivity contribution < 1.29 is 4.43 Å². The molecule has 0 rings (SSSR count). The zero-order valence-electron chi connectivity index (χ0n) is 9.31. The van der Waals surface area contributed by atoms with Crippen molar-refractivity contribution in [1.29, 1.82) is 0 Å². The van der Waals surface area contributed by atoms with Gasteiger partial charge in [-0.25, -0.2) is 0 Å². The minimum atomic E-state index is 0.103.